The Morgan fingerprint density at radius 3 is 2.39 bits per heavy atom. The summed E-state index contributed by atoms with van der Waals surface area (Å²) in [6.45, 7) is 4.97. The summed E-state index contributed by atoms with van der Waals surface area (Å²) in [5.74, 6) is -0.452. The van der Waals surface area contributed by atoms with Gasteiger partial charge < -0.3 is 14.8 Å². The van der Waals surface area contributed by atoms with Crippen LogP contribution in [0.15, 0.2) is 48.5 Å². The predicted octanol–water partition coefficient (Wildman–Crippen LogP) is 3.65. The van der Waals surface area contributed by atoms with Gasteiger partial charge in [0.25, 0.3) is 0 Å². The Kier molecular flexibility index (Phi) is 6.93. The van der Waals surface area contributed by atoms with Crippen LogP contribution in [-0.4, -0.2) is 31.4 Å². The smallest absolute Gasteiger partial charge is 0.340 e. The van der Waals surface area contributed by atoms with E-state index < -0.39 is 11.4 Å². The maximum atomic E-state index is 12.4. The first-order valence-corrected chi connectivity index (χ1v) is 8.93. The molecule has 2 aromatic rings. The normalized spacial score (nSPS) is 10.9. The van der Waals surface area contributed by atoms with Gasteiger partial charge in [-0.2, -0.15) is 0 Å². The van der Waals surface area contributed by atoms with Crippen LogP contribution in [0.25, 0.3) is 0 Å². The van der Waals surface area contributed by atoms with Crippen LogP contribution in [0.1, 0.15) is 36.7 Å². The number of hydrogen-bond donors (Lipinski definition) is 1. The predicted molar refractivity (Wildman–Crippen MR) is 107 cm³/mol. The van der Waals surface area contributed by atoms with E-state index in [4.69, 9.17) is 9.47 Å². The monoisotopic (exact) mass is 383 g/mol. The first kappa shape index (κ1) is 21.2. The van der Waals surface area contributed by atoms with E-state index in [9.17, 15) is 14.4 Å². The molecule has 1 amide bonds. The number of methoxy groups -OCH3 is 1. The number of amides is 1. The number of carbonyl (C=O) groups excluding carboxylic acids is 3. The van der Waals surface area contributed by atoms with Crippen molar-refractivity contribution in [3.05, 3.63) is 59.7 Å². The van der Waals surface area contributed by atoms with Gasteiger partial charge in [0.1, 0.15) is 5.75 Å². The molecule has 0 heterocycles. The maximum Gasteiger partial charge on any atom is 0.340 e. The van der Waals surface area contributed by atoms with Crippen molar-refractivity contribution < 1.29 is 23.9 Å². The van der Waals surface area contributed by atoms with E-state index in [1.54, 1.807) is 70.3 Å². The Labute approximate surface area is 164 Å². The number of nitrogens with one attached hydrogen (secondary N) is 1. The Bertz CT molecular complexity index is 867. The molecule has 0 saturated heterocycles. The second-order valence-corrected chi connectivity index (χ2v) is 7.37. The van der Waals surface area contributed by atoms with Gasteiger partial charge in [0, 0.05) is 5.41 Å². The second-order valence-electron chi connectivity index (χ2n) is 7.37. The molecule has 0 radical (unpaired) electrons. The number of anilines is 1. The quantitative estimate of drug-likeness (QED) is 0.738. The maximum absolute atomic E-state index is 12.4. The minimum atomic E-state index is -0.658. The molecule has 0 fully saturated rings. The number of benzene rings is 2. The standard InChI is InChI=1S/C22H25NO5/c1-22(2,3)19(24)14-28-21(26)17-10-5-6-11-18(17)23-20(25)13-15-8-7-9-16(12-15)27-4/h5-12H,13-14H2,1-4H3,(H,23,25). The van der Waals surface area contributed by atoms with E-state index in [0.29, 0.717) is 11.4 Å². The van der Waals surface area contributed by atoms with Gasteiger partial charge in [0.15, 0.2) is 12.4 Å². The zero-order valence-electron chi connectivity index (χ0n) is 16.6. The molecule has 6 nitrogen and oxygen atoms in total. The molecule has 0 spiro atoms. The Balaban J connectivity index is 2.05. The van der Waals surface area contributed by atoms with Crippen molar-refractivity contribution >= 4 is 23.3 Å². The molecule has 28 heavy (non-hydrogen) atoms. The summed E-state index contributed by atoms with van der Waals surface area (Å²) in [4.78, 5) is 36.7. The van der Waals surface area contributed by atoms with Crippen LogP contribution < -0.4 is 10.1 Å². The highest BCUT2D eigenvalue weighted by atomic mass is 16.5. The lowest BCUT2D eigenvalue weighted by Gasteiger charge is -2.16. The van der Waals surface area contributed by atoms with Gasteiger partial charge in [-0.15, -0.1) is 0 Å². The molecular formula is C22H25NO5. The molecule has 6 heteroatoms. The average molecular weight is 383 g/mol. The number of para-hydroxylation sites is 1. The van der Waals surface area contributed by atoms with Crippen LogP contribution in [0.3, 0.4) is 0 Å². The number of ketones is 1. The molecule has 2 rings (SSSR count). The topological polar surface area (TPSA) is 81.7 Å². The minimum absolute atomic E-state index is 0.128. The molecule has 2 aromatic carbocycles. The number of hydrogen-bond acceptors (Lipinski definition) is 5. The molecule has 0 aliphatic heterocycles. The summed E-state index contributed by atoms with van der Waals surface area (Å²) >= 11 is 0. The first-order valence-electron chi connectivity index (χ1n) is 8.93. The molecule has 0 unspecified atom stereocenters. The summed E-state index contributed by atoms with van der Waals surface area (Å²) in [5.41, 5.74) is 0.726. The Morgan fingerprint density at radius 1 is 1.00 bits per heavy atom. The lowest BCUT2D eigenvalue weighted by molar-refractivity contribution is -0.129. The molecule has 0 atom stereocenters. The lowest BCUT2D eigenvalue weighted by Crippen LogP contribution is -2.26. The van der Waals surface area contributed by atoms with Crippen molar-refractivity contribution in [2.45, 2.75) is 27.2 Å². The fraction of sp³-hybridized carbons (Fsp3) is 0.318. The van der Waals surface area contributed by atoms with Gasteiger partial charge in [-0.05, 0) is 29.8 Å². The highest BCUT2D eigenvalue weighted by molar-refractivity contribution is 6.02. The molecule has 1 N–H and O–H groups in total. The fourth-order valence-corrected chi connectivity index (χ4v) is 2.36. The summed E-state index contributed by atoms with van der Waals surface area (Å²) < 4.78 is 10.3. The number of ether oxygens (including phenoxy) is 2. The Hall–Kier alpha value is -3.15. The molecule has 0 aromatic heterocycles. The van der Waals surface area contributed by atoms with Crippen molar-refractivity contribution in [1.82, 2.24) is 0 Å². The highest BCUT2D eigenvalue weighted by Crippen LogP contribution is 2.19. The van der Waals surface area contributed by atoms with E-state index in [2.05, 4.69) is 5.32 Å². The lowest BCUT2D eigenvalue weighted by atomic mass is 9.91. The zero-order valence-corrected chi connectivity index (χ0v) is 16.6. The van der Waals surface area contributed by atoms with Crippen LogP contribution in [-0.2, 0) is 20.7 Å². The van der Waals surface area contributed by atoms with Crippen LogP contribution in [0.4, 0.5) is 5.69 Å². The summed E-state index contributed by atoms with van der Waals surface area (Å²) in [6, 6.07) is 13.7. The van der Waals surface area contributed by atoms with E-state index in [1.165, 1.54) is 0 Å². The average Bonchev–Trinajstić information content (AvgIpc) is 2.65. The van der Waals surface area contributed by atoms with Crippen LogP contribution in [0.5, 0.6) is 5.75 Å². The van der Waals surface area contributed by atoms with Gasteiger partial charge in [-0.25, -0.2) is 4.79 Å². The molecule has 0 aliphatic rings. The third-order valence-corrected chi connectivity index (χ3v) is 4.09. The molecule has 148 valence electrons. The van der Waals surface area contributed by atoms with Crippen LogP contribution in [0, 0.1) is 5.41 Å². The molecule has 0 saturated carbocycles. The number of carbonyl (C=O) groups is 3. The first-order chi connectivity index (χ1) is 13.2. The highest BCUT2D eigenvalue weighted by Gasteiger charge is 2.23. The molecule has 0 aliphatic carbocycles. The summed E-state index contributed by atoms with van der Waals surface area (Å²) in [5, 5.41) is 2.73. The van der Waals surface area contributed by atoms with Gasteiger partial charge in [0.05, 0.1) is 24.8 Å². The SMILES string of the molecule is COc1cccc(CC(=O)Nc2ccccc2C(=O)OCC(=O)C(C)(C)C)c1. The van der Waals surface area contributed by atoms with Crippen molar-refractivity contribution in [1.29, 1.82) is 0 Å². The third kappa shape index (κ3) is 5.94. The summed E-state index contributed by atoms with van der Waals surface area (Å²) in [6.07, 6.45) is 0.128. The van der Waals surface area contributed by atoms with E-state index in [-0.39, 0.29) is 30.3 Å². The number of Topliss-reactive ketones (excluding diaryl/α,β-unsaturated/α-hetero) is 1. The largest absolute Gasteiger partial charge is 0.497 e. The van der Waals surface area contributed by atoms with Crippen LogP contribution in [0.2, 0.25) is 0 Å². The number of rotatable bonds is 7. The van der Waals surface area contributed by atoms with Gasteiger partial charge in [-0.3, -0.25) is 9.59 Å². The van der Waals surface area contributed by atoms with Crippen molar-refractivity contribution in [2.75, 3.05) is 19.0 Å². The fourth-order valence-electron chi connectivity index (χ4n) is 2.36. The van der Waals surface area contributed by atoms with Crippen molar-refractivity contribution in [3.8, 4) is 5.75 Å². The summed E-state index contributed by atoms with van der Waals surface area (Å²) in [7, 11) is 1.56. The van der Waals surface area contributed by atoms with E-state index in [1.807, 2.05) is 6.07 Å². The number of esters is 1. The van der Waals surface area contributed by atoms with E-state index >= 15 is 0 Å². The van der Waals surface area contributed by atoms with E-state index in [0.717, 1.165) is 5.56 Å². The minimum Gasteiger partial charge on any atom is -0.497 e. The van der Waals surface area contributed by atoms with Crippen LogP contribution >= 0.6 is 0 Å². The third-order valence-electron chi connectivity index (χ3n) is 4.09. The second kappa shape index (κ2) is 9.17. The Morgan fingerprint density at radius 2 is 1.71 bits per heavy atom. The molecular weight excluding hydrogens is 358 g/mol. The van der Waals surface area contributed by atoms with Crippen molar-refractivity contribution in [2.24, 2.45) is 5.41 Å². The van der Waals surface area contributed by atoms with Gasteiger partial charge in [0.2, 0.25) is 5.91 Å². The zero-order chi connectivity index (χ0) is 20.7. The van der Waals surface area contributed by atoms with Crippen molar-refractivity contribution in [3.63, 3.8) is 0 Å². The molecule has 0 bridgehead atoms. The van der Waals surface area contributed by atoms with Gasteiger partial charge in [-0.1, -0.05) is 45.0 Å². The van der Waals surface area contributed by atoms with Gasteiger partial charge >= 0.3 is 5.97 Å².